The quantitative estimate of drug-likeness (QED) is 0.784. The Balaban J connectivity index is 2.65. The standard InChI is InChI=1S/C12H24N2O2/c1-5-12(3,13)11(15)14-7-6-9(2)10(8-14)16-4/h9-10H,5-8,13H2,1-4H3. The Hall–Kier alpha value is -0.610. The molecule has 4 nitrogen and oxygen atoms in total. The molecule has 0 radical (unpaired) electrons. The lowest BCUT2D eigenvalue weighted by molar-refractivity contribution is -0.141. The fourth-order valence-corrected chi connectivity index (χ4v) is 2.04. The molecule has 3 atom stereocenters. The lowest BCUT2D eigenvalue weighted by atomic mass is 9.92. The van der Waals surface area contributed by atoms with E-state index >= 15 is 0 Å². The van der Waals surface area contributed by atoms with Crippen LogP contribution in [-0.2, 0) is 9.53 Å². The van der Waals surface area contributed by atoms with Crippen LogP contribution in [0.15, 0.2) is 0 Å². The molecule has 0 bridgehead atoms. The highest BCUT2D eigenvalue weighted by atomic mass is 16.5. The van der Waals surface area contributed by atoms with Crippen molar-refractivity contribution in [2.24, 2.45) is 11.7 Å². The third kappa shape index (κ3) is 2.74. The number of nitrogens with two attached hydrogens (primary N) is 1. The molecule has 1 fully saturated rings. The van der Waals surface area contributed by atoms with Gasteiger partial charge < -0.3 is 15.4 Å². The number of likely N-dealkylation sites (tertiary alicyclic amines) is 1. The van der Waals surface area contributed by atoms with Gasteiger partial charge in [-0.05, 0) is 25.7 Å². The molecule has 3 unspecified atom stereocenters. The minimum Gasteiger partial charge on any atom is -0.379 e. The maximum atomic E-state index is 12.2. The van der Waals surface area contributed by atoms with E-state index in [1.54, 1.807) is 14.0 Å². The van der Waals surface area contributed by atoms with Crippen LogP contribution in [0, 0.1) is 5.92 Å². The molecule has 1 amide bonds. The van der Waals surface area contributed by atoms with E-state index in [1.807, 2.05) is 11.8 Å². The first kappa shape index (κ1) is 13.5. The average molecular weight is 228 g/mol. The van der Waals surface area contributed by atoms with Crippen molar-refractivity contribution in [3.8, 4) is 0 Å². The van der Waals surface area contributed by atoms with Gasteiger partial charge in [0.1, 0.15) is 0 Å². The second-order valence-electron chi connectivity index (χ2n) is 5.06. The summed E-state index contributed by atoms with van der Waals surface area (Å²) < 4.78 is 5.40. The first-order valence-electron chi connectivity index (χ1n) is 6.03. The van der Waals surface area contributed by atoms with Gasteiger partial charge in [0.05, 0.1) is 11.6 Å². The molecule has 16 heavy (non-hydrogen) atoms. The van der Waals surface area contributed by atoms with E-state index in [-0.39, 0.29) is 12.0 Å². The number of amides is 1. The summed E-state index contributed by atoms with van der Waals surface area (Å²) in [4.78, 5) is 14.0. The number of rotatable bonds is 3. The Labute approximate surface area is 98.1 Å². The predicted molar refractivity (Wildman–Crippen MR) is 64.0 cm³/mol. The zero-order valence-corrected chi connectivity index (χ0v) is 10.8. The molecule has 0 aromatic heterocycles. The second kappa shape index (κ2) is 5.15. The predicted octanol–water partition coefficient (Wildman–Crippen LogP) is 0.997. The van der Waals surface area contributed by atoms with E-state index in [1.165, 1.54) is 0 Å². The molecule has 1 saturated heterocycles. The minimum absolute atomic E-state index is 0.0453. The van der Waals surface area contributed by atoms with E-state index in [9.17, 15) is 4.79 Å². The van der Waals surface area contributed by atoms with Gasteiger partial charge in [0.2, 0.25) is 5.91 Å². The summed E-state index contributed by atoms with van der Waals surface area (Å²) in [6.45, 7) is 7.38. The number of carbonyl (C=O) groups excluding carboxylic acids is 1. The Morgan fingerprint density at radius 1 is 1.62 bits per heavy atom. The first-order chi connectivity index (χ1) is 7.42. The molecule has 0 aliphatic carbocycles. The largest absolute Gasteiger partial charge is 0.379 e. The molecule has 0 saturated carbocycles. The van der Waals surface area contributed by atoms with Crippen molar-refractivity contribution in [1.29, 1.82) is 0 Å². The van der Waals surface area contributed by atoms with Crippen LogP contribution in [0.5, 0.6) is 0 Å². The van der Waals surface area contributed by atoms with Crippen LogP contribution in [0.3, 0.4) is 0 Å². The number of methoxy groups -OCH3 is 1. The molecule has 0 spiro atoms. The zero-order chi connectivity index (χ0) is 12.3. The Kier molecular flexibility index (Phi) is 4.33. The summed E-state index contributed by atoms with van der Waals surface area (Å²) in [5.41, 5.74) is 5.24. The van der Waals surface area contributed by atoms with Crippen LogP contribution >= 0.6 is 0 Å². The van der Waals surface area contributed by atoms with Gasteiger partial charge in [0.15, 0.2) is 0 Å². The third-order valence-corrected chi connectivity index (χ3v) is 3.70. The van der Waals surface area contributed by atoms with Crippen molar-refractivity contribution in [3.05, 3.63) is 0 Å². The fourth-order valence-electron chi connectivity index (χ4n) is 2.04. The first-order valence-corrected chi connectivity index (χ1v) is 6.03. The molecule has 2 N–H and O–H groups in total. The van der Waals surface area contributed by atoms with Gasteiger partial charge in [-0.3, -0.25) is 4.79 Å². The SMILES string of the molecule is CCC(C)(N)C(=O)N1CCC(C)C(OC)C1. The van der Waals surface area contributed by atoms with Gasteiger partial charge in [-0.15, -0.1) is 0 Å². The summed E-state index contributed by atoms with van der Waals surface area (Å²) in [5, 5.41) is 0. The average Bonchev–Trinajstić information content (AvgIpc) is 2.28. The van der Waals surface area contributed by atoms with Crippen LogP contribution in [0.2, 0.25) is 0 Å². The lowest BCUT2D eigenvalue weighted by Crippen LogP contribution is -2.57. The summed E-state index contributed by atoms with van der Waals surface area (Å²) in [7, 11) is 1.70. The van der Waals surface area contributed by atoms with Crippen molar-refractivity contribution < 1.29 is 9.53 Å². The third-order valence-electron chi connectivity index (χ3n) is 3.70. The van der Waals surface area contributed by atoms with Crippen LogP contribution in [0.25, 0.3) is 0 Å². The van der Waals surface area contributed by atoms with E-state index in [0.29, 0.717) is 18.9 Å². The summed E-state index contributed by atoms with van der Waals surface area (Å²) >= 11 is 0. The number of ether oxygens (including phenoxy) is 1. The van der Waals surface area contributed by atoms with Gasteiger partial charge in [-0.1, -0.05) is 13.8 Å². The van der Waals surface area contributed by atoms with Crippen molar-refractivity contribution in [2.45, 2.75) is 45.3 Å². The topological polar surface area (TPSA) is 55.6 Å². The van der Waals surface area contributed by atoms with Crippen LogP contribution in [-0.4, -0.2) is 42.6 Å². The Morgan fingerprint density at radius 3 is 2.75 bits per heavy atom. The zero-order valence-electron chi connectivity index (χ0n) is 10.8. The number of carbonyl (C=O) groups is 1. The molecular weight excluding hydrogens is 204 g/mol. The van der Waals surface area contributed by atoms with Crippen LogP contribution in [0.4, 0.5) is 0 Å². The minimum atomic E-state index is -0.737. The van der Waals surface area contributed by atoms with Gasteiger partial charge in [-0.2, -0.15) is 0 Å². The summed E-state index contributed by atoms with van der Waals surface area (Å²) in [6, 6.07) is 0. The fraction of sp³-hybridized carbons (Fsp3) is 0.917. The second-order valence-corrected chi connectivity index (χ2v) is 5.06. The van der Waals surface area contributed by atoms with Crippen LogP contribution < -0.4 is 5.73 Å². The summed E-state index contributed by atoms with van der Waals surface area (Å²) in [5.74, 6) is 0.559. The Morgan fingerprint density at radius 2 is 2.25 bits per heavy atom. The number of hydrogen-bond acceptors (Lipinski definition) is 3. The highest BCUT2D eigenvalue weighted by molar-refractivity contribution is 5.85. The van der Waals surface area contributed by atoms with Gasteiger partial charge in [0.25, 0.3) is 0 Å². The molecule has 1 aliphatic rings. The molecule has 4 heteroatoms. The maximum absolute atomic E-state index is 12.2. The molecule has 1 aliphatic heterocycles. The highest BCUT2D eigenvalue weighted by Gasteiger charge is 2.35. The highest BCUT2D eigenvalue weighted by Crippen LogP contribution is 2.22. The smallest absolute Gasteiger partial charge is 0.242 e. The molecular formula is C12H24N2O2. The monoisotopic (exact) mass is 228 g/mol. The molecule has 0 aromatic rings. The number of piperidine rings is 1. The molecule has 0 aromatic carbocycles. The van der Waals surface area contributed by atoms with E-state index in [0.717, 1.165) is 13.0 Å². The van der Waals surface area contributed by atoms with Crippen LogP contribution in [0.1, 0.15) is 33.6 Å². The number of hydrogen-bond donors (Lipinski definition) is 1. The molecule has 94 valence electrons. The van der Waals surface area contributed by atoms with Gasteiger partial charge >= 0.3 is 0 Å². The van der Waals surface area contributed by atoms with Crippen molar-refractivity contribution in [1.82, 2.24) is 4.90 Å². The lowest BCUT2D eigenvalue weighted by Gasteiger charge is -2.39. The van der Waals surface area contributed by atoms with Crippen molar-refractivity contribution >= 4 is 5.91 Å². The van der Waals surface area contributed by atoms with E-state index < -0.39 is 5.54 Å². The molecule has 1 heterocycles. The van der Waals surface area contributed by atoms with Gasteiger partial charge in [-0.25, -0.2) is 0 Å². The number of nitrogens with zero attached hydrogens (tertiary/aromatic N) is 1. The molecule has 1 rings (SSSR count). The van der Waals surface area contributed by atoms with E-state index in [2.05, 4.69) is 6.92 Å². The van der Waals surface area contributed by atoms with E-state index in [4.69, 9.17) is 10.5 Å². The van der Waals surface area contributed by atoms with Crippen molar-refractivity contribution in [2.75, 3.05) is 20.2 Å². The van der Waals surface area contributed by atoms with Crippen molar-refractivity contribution in [3.63, 3.8) is 0 Å². The maximum Gasteiger partial charge on any atom is 0.242 e. The Bertz CT molecular complexity index is 253. The van der Waals surface area contributed by atoms with Gasteiger partial charge in [0, 0.05) is 20.2 Å². The normalized spacial score (nSPS) is 29.9. The summed E-state index contributed by atoms with van der Waals surface area (Å²) in [6.07, 6.45) is 1.80.